The van der Waals surface area contributed by atoms with E-state index in [1.165, 1.54) is 15.6 Å². The number of hydrogen-bond acceptors (Lipinski definition) is 2. The van der Waals surface area contributed by atoms with Gasteiger partial charge in [0.1, 0.15) is 0 Å². The summed E-state index contributed by atoms with van der Waals surface area (Å²) in [6.07, 6.45) is 0.140. The van der Waals surface area contributed by atoms with Crippen LogP contribution in [0.4, 0.5) is 0 Å². The average molecular weight is 289 g/mol. The molecule has 0 radical (unpaired) electrons. The van der Waals surface area contributed by atoms with Crippen molar-refractivity contribution >= 4 is 33.0 Å². The molecule has 3 aromatic rings. The lowest BCUT2D eigenvalue weighted by atomic mass is 10.0. The molecule has 0 fully saturated rings. The number of benzene rings is 2. The second kappa shape index (κ2) is 5.33. The Hall–Kier alpha value is -1.35. The maximum atomic E-state index is 10.3. The summed E-state index contributed by atoms with van der Waals surface area (Å²) < 4.78 is 1.26. The van der Waals surface area contributed by atoms with Crippen LogP contribution in [0.5, 0.6) is 0 Å². The Morgan fingerprint density at radius 3 is 2.58 bits per heavy atom. The molecule has 0 spiro atoms. The summed E-state index contributed by atoms with van der Waals surface area (Å²) in [5.74, 6) is 0. The van der Waals surface area contributed by atoms with Gasteiger partial charge < -0.3 is 5.11 Å². The Kier molecular flexibility index (Phi) is 3.56. The fraction of sp³-hybridized carbons (Fsp3) is 0.125. The van der Waals surface area contributed by atoms with E-state index in [0.717, 1.165) is 5.56 Å². The first-order valence-electron chi connectivity index (χ1n) is 6.12. The molecule has 0 aliphatic heterocycles. The highest BCUT2D eigenvalue weighted by molar-refractivity contribution is 7.17. The molecule has 1 unspecified atom stereocenters. The van der Waals surface area contributed by atoms with Crippen molar-refractivity contribution in [1.82, 2.24) is 0 Å². The van der Waals surface area contributed by atoms with Crippen molar-refractivity contribution in [3.8, 4) is 0 Å². The normalized spacial score (nSPS) is 12.7. The quantitative estimate of drug-likeness (QED) is 0.732. The zero-order valence-corrected chi connectivity index (χ0v) is 11.8. The summed E-state index contributed by atoms with van der Waals surface area (Å²) in [5, 5.41) is 14.4. The van der Waals surface area contributed by atoms with Gasteiger partial charge in [-0.15, -0.1) is 11.3 Å². The number of aliphatic hydroxyl groups excluding tert-OH is 1. The topological polar surface area (TPSA) is 20.2 Å². The molecule has 1 N–H and O–H groups in total. The lowest BCUT2D eigenvalue weighted by Gasteiger charge is -2.10. The van der Waals surface area contributed by atoms with Crippen LogP contribution >= 0.6 is 22.9 Å². The molecule has 3 rings (SSSR count). The molecule has 96 valence electrons. The van der Waals surface area contributed by atoms with E-state index >= 15 is 0 Å². The number of hydrogen-bond donors (Lipinski definition) is 1. The van der Waals surface area contributed by atoms with Crippen molar-refractivity contribution in [2.24, 2.45) is 0 Å². The Bertz CT molecular complexity index is 687. The number of aliphatic hydroxyl groups is 1. The smallest absolute Gasteiger partial charge is 0.0830 e. The van der Waals surface area contributed by atoms with Crippen molar-refractivity contribution in [2.75, 3.05) is 0 Å². The number of rotatable bonds is 3. The van der Waals surface area contributed by atoms with E-state index in [4.69, 9.17) is 11.6 Å². The maximum Gasteiger partial charge on any atom is 0.0830 e. The van der Waals surface area contributed by atoms with E-state index in [0.29, 0.717) is 11.4 Å². The molecular formula is C16H13ClOS. The summed E-state index contributed by atoms with van der Waals surface area (Å²) in [6, 6.07) is 15.7. The SMILES string of the molecule is OC(Cc1csc2ccccc12)c1ccc(Cl)cc1. The van der Waals surface area contributed by atoms with Crippen LogP contribution in [0.3, 0.4) is 0 Å². The van der Waals surface area contributed by atoms with E-state index in [1.807, 2.05) is 36.4 Å². The third-order valence-corrected chi connectivity index (χ3v) is 4.49. The van der Waals surface area contributed by atoms with Gasteiger partial charge in [0, 0.05) is 16.1 Å². The zero-order chi connectivity index (χ0) is 13.2. The molecule has 1 aromatic heterocycles. The first-order valence-corrected chi connectivity index (χ1v) is 7.38. The van der Waals surface area contributed by atoms with Gasteiger partial charge in [-0.1, -0.05) is 41.9 Å². The van der Waals surface area contributed by atoms with Crippen LogP contribution in [0, 0.1) is 0 Å². The molecule has 19 heavy (non-hydrogen) atoms. The molecule has 0 saturated heterocycles. The highest BCUT2D eigenvalue weighted by atomic mass is 35.5. The highest BCUT2D eigenvalue weighted by Gasteiger charge is 2.11. The van der Waals surface area contributed by atoms with Gasteiger partial charge in [-0.2, -0.15) is 0 Å². The number of halogens is 1. The summed E-state index contributed by atoms with van der Waals surface area (Å²) in [4.78, 5) is 0. The standard InChI is InChI=1S/C16H13ClOS/c17-13-7-5-11(6-8-13)15(18)9-12-10-19-16-4-2-1-3-14(12)16/h1-8,10,15,18H,9H2. The molecule has 0 bridgehead atoms. The van der Waals surface area contributed by atoms with E-state index in [1.54, 1.807) is 11.3 Å². The van der Waals surface area contributed by atoms with Crippen molar-refractivity contribution in [3.05, 3.63) is 70.1 Å². The monoisotopic (exact) mass is 288 g/mol. The van der Waals surface area contributed by atoms with Crippen LogP contribution in [0.2, 0.25) is 5.02 Å². The molecule has 1 atom stereocenters. The minimum atomic E-state index is -0.490. The molecule has 2 aromatic carbocycles. The lowest BCUT2D eigenvalue weighted by molar-refractivity contribution is 0.179. The molecule has 0 aliphatic rings. The largest absolute Gasteiger partial charge is 0.388 e. The predicted molar refractivity (Wildman–Crippen MR) is 81.9 cm³/mol. The van der Waals surface area contributed by atoms with Gasteiger partial charge in [0.25, 0.3) is 0 Å². The molecule has 1 nitrogen and oxygen atoms in total. The van der Waals surface area contributed by atoms with E-state index in [-0.39, 0.29) is 0 Å². The van der Waals surface area contributed by atoms with Crippen LogP contribution in [0.15, 0.2) is 53.9 Å². The van der Waals surface area contributed by atoms with E-state index in [2.05, 4.69) is 17.5 Å². The van der Waals surface area contributed by atoms with Gasteiger partial charge >= 0.3 is 0 Å². The third-order valence-electron chi connectivity index (χ3n) is 3.23. The first-order chi connectivity index (χ1) is 9.24. The zero-order valence-electron chi connectivity index (χ0n) is 10.2. The second-order valence-electron chi connectivity index (χ2n) is 4.53. The van der Waals surface area contributed by atoms with Crippen LogP contribution in [-0.2, 0) is 6.42 Å². The van der Waals surface area contributed by atoms with Gasteiger partial charge in [0.2, 0.25) is 0 Å². The molecule has 3 heteroatoms. The van der Waals surface area contributed by atoms with Crippen LogP contribution < -0.4 is 0 Å². The fourth-order valence-corrected chi connectivity index (χ4v) is 3.30. The second-order valence-corrected chi connectivity index (χ2v) is 5.88. The van der Waals surface area contributed by atoms with Crippen LogP contribution in [-0.4, -0.2) is 5.11 Å². The predicted octanol–water partition coefficient (Wildman–Crippen LogP) is 4.83. The third kappa shape index (κ3) is 2.66. The van der Waals surface area contributed by atoms with Gasteiger partial charge in [0.05, 0.1) is 6.10 Å². The number of thiophene rings is 1. The molecule has 0 amide bonds. The fourth-order valence-electron chi connectivity index (χ4n) is 2.20. The number of fused-ring (bicyclic) bond motifs is 1. The molecule has 1 heterocycles. The van der Waals surface area contributed by atoms with E-state index in [9.17, 15) is 5.11 Å². The summed E-state index contributed by atoms with van der Waals surface area (Å²) in [6.45, 7) is 0. The van der Waals surface area contributed by atoms with Gasteiger partial charge in [-0.25, -0.2) is 0 Å². The Balaban J connectivity index is 1.86. The Morgan fingerprint density at radius 1 is 1.05 bits per heavy atom. The Morgan fingerprint density at radius 2 is 1.79 bits per heavy atom. The van der Waals surface area contributed by atoms with Crippen LogP contribution in [0.1, 0.15) is 17.2 Å². The summed E-state index contributed by atoms with van der Waals surface area (Å²) in [5.41, 5.74) is 2.10. The minimum absolute atomic E-state index is 0.490. The molecule has 0 saturated carbocycles. The Labute approximate surface area is 121 Å². The van der Waals surface area contributed by atoms with Crippen molar-refractivity contribution < 1.29 is 5.11 Å². The molecule has 0 aliphatic carbocycles. The lowest BCUT2D eigenvalue weighted by Crippen LogP contribution is -2.00. The van der Waals surface area contributed by atoms with Gasteiger partial charge in [-0.05, 0) is 40.1 Å². The van der Waals surface area contributed by atoms with Crippen molar-refractivity contribution in [3.63, 3.8) is 0 Å². The summed E-state index contributed by atoms with van der Waals surface area (Å²) in [7, 11) is 0. The van der Waals surface area contributed by atoms with Crippen LogP contribution in [0.25, 0.3) is 10.1 Å². The average Bonchev–Trinajstić information content (AvgIpc) is 2.83. The van der Waals surface area contributed by atoms with Crippen molar-refractivity contribution in [2.45, 2.75) is 12.5 Å². The van der Waals surface area contributed by atoms with Gasteiger partial charge in [0.15, 0.2) is 0 Å². The van der Waals surface area contributed by atoms with E-state index < -0.39 is 6.10 Å². The van der Waals surface area contributed by atoms with Crippen molar-refractivity contribution in [1.29, 1.82) is 0 Å². The molecular weight excluding hydrogens is 276 g/mol. The van der Waals surface area contributed by atoms with Gasteiger partial charge in [-0.3, -0.25) is 0 Å². The minimum Gasteiger partial charge on any atom is -0.388 e. The highest BCUT2D eigenvalue weighted by Crippen LogP contribution is 2.29. The maximum absolute atomic E-state index is 10.3. The first kappa shape index (κ1) is 12.7. The summed E-state index contributed by atoms with van der Waals surface area (Å²) >= 11 is 7.58.